The summed E-state index contributed by atoms with van der Waals surface area (Å²) in [5.41, 5.74) is 5.44. The van der Waals surface area contributed by atoms with E-state index in [1.165, 1.54) is 22.4 Å². The molecule has 0 aliphatic carbocycles. The molecular weight excluding hydrogens is 254 g/mol. The molecule has 1 aromatic carbocycles. The maximum Gasteiger partial charge on any atom is 0.0542 e. The van der Waals surface area contributed by atoms with Gasteiger partial charge in [0.1, 0.15) is 0 Å². The lowest BCUT2D eigenvalue weighted by atomic mass is 9.65. The molecule has 2 rings (SSSR count). The predicted molar refractivity (Wildman–Crippen MR) is 93.2 cm³/mol. The summed E-state index contributed by atoms with van der Waals surface area (Å²) in [5.74, 6) is 1.08. The molecule has 1 aliphatic heterocycles. The molecule has 2 unspecified atom stereocenters. The molecule has 0 amide bonds. The zero-order chi connectivity index (χ0) is 15.8. The lowest BCUT2D eigenvalue weighted by molar-refractivity contribution is 0.342. The number of fused-ring (bicyclic) bond motifs is 1. The van der Waals surface area contributed by atoms with Crippen LogP contribution in [0.4, 0.5) is 0 Å². The summed E-state index contributed by atoms with van der Waals surface area (Å²) >= 11 is 0. The highest BCUT2D eigenvalue weighted by molar-refractivity contribution is 6.00. The van der Waals surface area contributed by atoms with Gasteiger partial charge in [-0.3, -0.25) is 4.99 Å². The van der Waals surface area contributed by atoms with Crippen molar-refractivity contribution < 1.29 is 0 Å². The van der Waals surface area contributed by atoms with Crippen molar-refractivity contribution in [2.45, 2.75) is 59.9 Å². The zero-order valence-corrected chi connectivity index (χ0v) is 14.6. The number of aliphatic imine (C=N–C) groups is 1. The van der Waals surface area contributed by atoms with Crippen LogP contribution in [-0.4, -0.2) is 11.8 Å². The summed E-state index contributed by atoms with van der Waals surface area (Å²) in [4.78, 5) is 5.02. The molecule has 0 saturated carbocycles. The minimum absolute atomic E-state index is 0.0474. The summed E-state index contributed by atoms with van der Waals surface area (Å²) in [5, 5.41) is 0. The Balaban J connectivity index is 2.76. The predicted octanol–water partition coefficient (Wildman–Crippen LogP) is 5.39. The largest absolute Gasteiger partial charge is 0.286 e. The normalized spacial score (nSPS) is 27.0. The van der Waals surface area contributed by atoms with E-state index in [4.69, 9.17) is 4.99 Å². The fraction of sp³-hybridized carbons (Fsp3) is 0.550. The molecule has 1 nitrogen and oxygen atoms in total. The number of hydrogen-bond donors (Lipinski definition) is 0. The van der Waals surface area contributed by atoms with Crippen molar-refractivity contribution in [2.75, 3.05) is 0 Å². The highest BCUT2D eigenvalue weighted by Gasteiger charge is 2.37. The van der Waals surface area contributed by atoms with Crippen molar-refractivity contribution >= 4 is 5.71 Å². The van der Waals surface area contributed by atoms with Gasteiger partial charge in [-0.2, -0.15) is 0 Å². The molecule has 1 heterocycles. The maximum atomic E-state index is 5.02. The standard InChI is InChI=1S/C20H29N/c1-8-17-19(13(2)3)15(5)21-14(4)16-11-9-10-12-18(16)20(17,6)7/h8-13,15,19H,1-7H3/b17-8-,21-14?. The molecule has 114 valence electrons. The van der Waals surface area contributed by atoms with Gasteiger partial charge in [-0.1, -0.05) is 63.6 Å². The van der Waals surface area contributed by atoms with Gasteiger partial charge in [0.15, 0.2) is 0 Å². The quantitative estimate of drug-likeness (QED) is 0.612. The molecule has 0 bridgehead atoms. The number of nitrogens with zero attached hydrogens (tertiary/aromatic N) is 1. The lowest BCUT2D eigenvalue weighted by Crippen LogP contribution is -2.36. The van der Waals surface area contributed by atoms with Crippen LogP contribution in [0.3, 0.4) is 0 Å². The van der Waals surface area contributed by atoms with Crippen molar-refractivity contribution in [1.29, 1.82) is 0 Å². The third-order valence-electron chi connectivity index (χ3n) is 5.02. The molecule has 0 radical (unpaired) electrons. The van der Waals surface area contributed by atoms with Crippen LogP contribution < -0.4 is 0 Å². The van der Waals surface area contributed by atoms with E-state index in [1.807, 2.05) is 0 Å². The van der Waals surface area contributed by atoms with Crippen molar-refractivity contribution in [2.24, 2.45) is 16.8 Å². The zero-order valence-electron chi connectivity index (χ0n) is 14.6. The Morgan fingerprint density at radius 2 is 1.81 bits per heavy atom. The van der Waals surface area contributed by atoms with Crippen LogP contribution in [0.1, 0.15) is 59.6 Å². The first-order chi connectivity index (χ1) is 9.80. The van der Waals surface area contributed by atoms with Gasteiger partial charge in [0.05, 0.1) is 6.04 Å². The van der Waals surface area contributed by atoms with Crippen LogP contribution >= 0.6 is 0 Å². The molecule has 1 aliphatic rings. The van der Waals surface area contributed by atoms with E-state index in [-0.39, 0.29) is 5.41 Å². The van der Waals surface area contributed by atoms with E-state index in [0.29, 0.717) is 17.9 Å². The summed E-state index contributed by atoms with van der Waals surface area (Å²) < 4.78 is 0. The molecule has 21 heavy (non-hydrogen) atoms. The number of benzene rings is 1. The Morgan fingerprint density at radius 3 is 2.38 bits per heavy atom. The number of allylic oxidation sites excluding steroid dienone is 1. The second-order valence-corrected chi connectivity index (χ2v) is 7.14. The van der Waals surface area contributed by atoms with E-state index < -0.39 is 0 Å². The summed E-state index contributed by atoms with van der Waals surface area (Å²) in [6.07, 6.45) is 2.33. The summed E-state index contributed by atoms with van der Waals surface area (Å²) in [6, 6.07) is 9.08. The van der Waals surface area contributed by atoms with Gasteiger partial charge >= 0.3 is 0 Å². The molecule has 0 saturated heterocycles. The van der Waals surface area contributed by atoms with Crippen LogP contribution in [0.5, 0.6) is 0 Å². The SMILES string of the molecule is C/C=C1/C(C(C)C)C(C)N=C(C)c2ccccc2C1(C)C. The summed E-state index contributed by atoms with van der Waals surface area (Å²) in [7, 11) is 0. The Morgan fingerprint density at radius 1 is 1.19 bits per heavy atom. The third kappa shape index (κ3) is 2.71. The van der Waals surface area contributed by atoms with Crippen LogP contribution in [0, 0.1) is 11.8 Å². The van der Waals surface area contributed by atoms with Crippen LogP contribution in [0.2, 0.25) is 0 Å². The van der Waals surface area contributed by atoms with Crippen LogP contribution in [-0.2, 0) is 5.41 Å². The summed E-state index contributed by atoms with van der Waals surface area (Å²) in [6.45, 7) is 16.0. The molecule has 1 aromatic rings. The minimum atomic E-state index is 0.0474. The fourth-order valence-corrected chi connectivity index (χ4v) is 4.10. The van der Waals surface area contributed by atoms with Gasteiger partial charge in [-0.05, 0) is 37.8 Å². The first kappa shape index (κ1) is 16.0. The van der Waals surface area contributed by atoms with Crippen molar-refractivity contribution in [3.8, 4) is 0 Å². The van der Waals surface area contributed by atoms with E-state index in [1.54, 1.807) is 0 Å². The highest BCUT2D eigenvalue weighted by Crippen LogP contribution is 2.43. The van der Waals surface area contributed by atoms with E-state index >= 15 is 0 Å². The van der Waals surface area contributed by atoms with Crippen molar-refractivity contribution in [3.63, 3.8) is 0 Å². The fourth-order valence-electron chi connectivity index (χ4n) is 4.10. The van der Waals surface area contributed by atoms with E-state index in [0.717, 1.165) is 0 Å². The van der Waals surface area contributed by atoms with Crippen LogP contribution in [0.15, 0.2) is 40.9 Å². The molecule has 0 aromatic heterocycles. The van der Waals surface area contributed by atoms with Gasteiger partial charge < -0.3 is 0 Å². The van der Waals surface area contributed by atoms with Crippen molar-refractivity contribution in [3.05, 3.63) is 47.0 Å². The van der Waals surface area contributed by atoms with Gasteiger partial charge in [-0.25, -0.2) is 0 Å². The lowest BCUT2D eigenvalue weighted by Gasteiger charge is -2.41. The van der Waals surface area contributed by atoms with E-state index in [9.17, 15) is 0 Å². The first-order valence-electron chi connectivity index (χ1n) is 8.11. The maximum absolute atomic E-state index is 5.02. The van der Waals surface area contributed by atoms with Gasteiger partial charge in [-0.15, -0.1) is 0 Å². The topological polar surface area (TPSA) is 12.4 Å². The Bertz CT molecular complexity index is 575. The van der Waals surface area contributed by atoms with Gasteiger partial charge in [0, 0.05) is 17.0 Å². The Kier molecular flexibility index (Phi) is 4.41. The monoisotopic (exact) mass is 283 g/mol. The second kappa shape index (κ2) is 5.79. The number of hydrogen-bond acceptors (Lipinski definition) is 1. The Labute approximate surface area is 130 Å². The van der Waals surface area contributed by atoms with Gasteiger partial charge in [0.25, 0.3) is 0 Å². The van der Waals surface area contributed by atoms with Crippen LogP contribution in [0.25, 0.3) is 0 Å². The highest BCUT2D eigenvalue weighted by atomic mass is 14.8. The molecule has 0 fully saturated rings. The average Bonchev–Trinajstić information content (AvgIpc) is 2.42. The molecule has 0 N–H and O–H groups in total. The molecular formula is C20H29N. The molecule has 0 spiro atoms. The molecule has 2 atom stereocenters. The third-order valence-corrected chi connectivity index (χ3v) is 5.02. The van der Waals surface area contributed by atoms with Gasteiger partial charge in [0.2, 0.25) is 0 Å². The smallest absolute Gasteiger partial charge is 0.0542 e. The van der Waals surface area contributed by atoms with Crippen molar-refractivity contribution in [1.82, 2.24) is 0 Å². The van der Waals surface area contributed by atoms with E-state index in [2.05, 4.69) is 78.8 Å². The first-order valence-corrected chi connectivity index (χ1v) is 8.11. The number of rotatable bonds is 1. The molecule has 1 heteroatoms. The average molecular weight is 283 g/mol. The Hall–Kier alpha value is -1.37. The minimum Gasteiger partial charge on any atom is -0.286 e. The second-order valence-electron chi connectivity index (χ2n) is 7.14.